The van der Waals surface area contributed by atoms with Crippen LogP contribution in [0.2, 0.25) is 0 Å². The zero-order valence-corrected chi connectivity index (χ0v) is 11.4. The van der Waals surface area contributed by atoms with Gasteiger partial charge in [-0.1, -0.05) is 0 Å². The summed E-state index contributed by atoms with van der Waals surface area (Å²) in [4.78, 5) is 10.4. The van der Waals surface area contributed by atoms with E-state index in [1.54, 1.807) is 0 Å². The molecule has 1 aromatic rings. The Hall–Kier alpha value is -2.39. The van der Waals surface area contributed by atoms with E-state index in [1.165, 1.54) is 6.07 Å². The topological polar surface area (TPSA) is 77.0 Å². The Morgan fingerprint density at radius 2 is 1.78 bits per heavy atom. The molecule has 1 fully saturated rings. The molecule has 1 amide bonds. The summed E-state index contributed by atoms with van der Waals surface area (Å²) in [7, 11) is 0. The van der Waals surface area contributed by atoms with Crippen LogP contribution in [0.5, 0.6) is 17.2 Å². The summed E-state index contributed by atoms with van der Waals surface area (Å²) < 4.78 is 65.6. The molecule has 3 rings (SSSR count). The monoisotopic (exact) mass is 337 g/mol. The van der Waals surface area contributed by atoms with Crippen molar-refractivity contribution in [3.63, 3.8) is 0 Å². The van der Waals surface area contributed by atoms with E-state index in [0.29, 0.717) is 12.8 Å². The number of amides is 1. The molecule has 0 bridgehead atoms. The second-order valence-corrected chi connectivity index (χ2v) is 5.20. The number of hydrogen-bond donors (Lipinski definition) is 2. The van der Waals surface area contributed by atoms with Gasteiger partial charge in [-0.2, -0.15) is 17.6 Å². The number of carbonyl (C=O) groups is 1. The van der Waals surface area contributed by atoms with Crippen molar-refractivity contribution >= 4 is 6.09 Å². The number of benzene rings is 1. The normalized spacial score (nSPS) is 26.8. The average molecular weight is 337 g/mol. The molecule has 1 heterocycles. The molecule has 0 radical (unpaired) electrons. The number of halogens is 4. The van der Waals surface area contributed by atoms with Gasteiger partial charge >= 0.3 is 18.3 Å². The average Bonchev–Trinajstić information content (AvgIpc) is 2.36. The summed E-state index contributed by atoms with van der Waals surface area (Å²) in [5, 5.41) is 10.8. The van der Waals surface area contributed by atoms with Gasteiger partial charge in [-0.15, -0.1) is 0 Å². The third kappa shape index (κ3) is 2.92. The Kier molecular flexibility index (Phi) is 3.42. The third-order valence-electron chi connectivity index (χ3n) is 3.46. The van der Waals surface area contributed by atoms with Crippen molar-refractivity contribution in [3.8, 4) is 17.2 Å². The van der Waals surface area contributed by atoms with Gasteiger partial charge in [0, 0.05) is 24.9 Å². The number of ether oxygens (including phenoxy) is 3. The number of alkyl halides is 4. The van der Waals surface area contributed by atoms with Crippen LogP contribution in [0, 0.1) is 0 Å². The highest BCUT2D eigenvalue weighted by Crippen LogP contribution is 2.48. The molecule has 0 saturated heterocycles. The van der Waals surface area contributed by atoms with E-state index < -0.39 is 29.8 Å². The van der Waals surface area contributed by atoms with Crippen molar-refractivity contribution in [1.82, 2.24) is 5.32 Å². The van der Waals surface area contributed by atoms with Gasteiger partial charge in [0.15, 0.2) is 11.5 Å². The van der Waals surface area contributed by atoms with Crippen LogP contribution in [0.4, 0.5) is 22.4 Å². The molecule has 1 saturated carbocycles. The van der Waals surface area contributed by atoms with Crippen LogP contribution >= 0.6 is 0 Å². The Morgan fingerprint density at radius 1 is 1.17 bits per heavy atom. The molecule has 126 valence electrons. The van der Waals surface area contributed by atoms with Crippen molar-refractivity contribution in [2.75, 3.05) is 0 Å². The van der Waals surface area contributed by atoms with E-state index in [0.717, 1.165) is 12.1 Å². The highest BCUT2D eigenvalue weighted by atomic mass is 19.3. The molecule has 6 nitrogen and oxygen atoms in total. The molecule has 1 aliphatic carbocycles. The van der Waals surface area contributed by atoms with Gasteiger partial charge in [-0.3, -0.25) is 0 Å². The summed E-state index contributed by atoms with van der Waals surface area (Å²) in [5.74, 6) is -0.947. The van der Waals surface area contributed by atoms with Crippen LogP contribution in [-0.2, 0) is 0 Å². The fraction of sp³-hybridized carbons (Fsp3) is 0.462. The quantitative estimate of drug-likeness (QED) is 0.830. The highest BCUT2D eigenvalue weighted by molar-refractivity contribution is 5.65. The first kappa shape index (κ1) is 15.5. The van der Waals surface area contributed by atoms with Crippen molar-refractivity contribution in [1.29, 1.82) is 0 Å². The molecule has 0 atom stereocenters. The van der Waals surface area contributed by atoms with Gasteiger partial charge in [-0.25, -0.2) is 4.79 Å². The smallest absolute Gasteiger partial charge is 0.490 e. The van der Waals surface area contributed by atoms with E-state index in [1.807, 2.05) is 0 Å². The lowest BCUT2D eigenvalue weighted by molar-refractivity contribution is -0.391. The lowest BCUT2D eigenvalue weighted by Gasteiger charge is -2.35. The highest BCUT2D eigenvalue weighted by Gasteiger charge is 2.66. The molecule has 10 heteroatoms. The Bertz CT molecular complexity index is 633. The van der Waals surface area contributed by atoms with Gasteiger partial charge in [0.2, 0.25) is 0 Å². The molecule has 0 spiro atoms. The summed E-state index contributed by atoms with van der Waals surface area (Å²) in [6, 6.07) is 3.10. The second-order valence-electron chi connectivity index (χ2n) is 5.20. The first-order valence-corrected chi connectivity index (χ1v) is 6.60. The molecule has 23 heavy (non-hydrogen) atoms. The number of nitrogens with one attached hydrogen (secondary N) is 1. The molecular formula is C13H11F4NO5. The van der Waals surface area contributed by atoms with Crippen molar-refractivity contribution in [3.05, 3.63) is 18.2 Å². The van der Waals surface area contributed by atoms with Gasteiger partial charge < -0.3 is 24.6 Å². The number of hydrogen-bond acceptors (Lipinski definition) is 4. The molecule has 0 unspecified atom stereocenters. The van der Waals surface area contributed by atoms with Gasteiger partial charge in [0.1, 0.15) is 11.9 Å². The van der Waals surface area contributed by atoms with Crippen molar-refractivity contribution in [2.24, 2.45) is 0 Å². The molecule has 1 aliphatic heterocycles. The van der Waals surface area contributed by atoms with E-state index in [4.69, 9.17) is 9.84 Å². The number of rotatable bonds is 3. The van der Waals surface area contributed by atoms with E-state index in [2.05, 4.69) is 14.8 Å². The van der Waals surface area contributed by atoms with E-state index in [-0.39, 0.29) is 17.9 Å². The lowest BCUT2D eigenvalue weighted by atomic mass is 9.89. The Labute approximate surface area is 126 Å². The summed E-state index contributed by atoms with van der Waals surface area (Å²) in [6.07, 6.45) is -10.2. The predicted octanol–water partition coefficient (Wildman–Crippen LogP) is 2.82. The van der Waals surface area contributed by atoms with Crippen molar-refractivity contribution in [2.45, 2.75) is 37.2 Å². The van der Waals surface area contributed by atoms with Gasteiger partial charge in [-0.05, 0) is 12.1 Å². The van der Waals surface area contributed by atoms with Crippen LogP contribution in [0.15, 0.2) is 18.2 Å². The minimum Gasteiger partial charge on any atom is -0.490 e. The van der Waals surface area contributed by atoms with Crippen LogP contribution in [-0.4, -0.2) is 35.6 Å². The maximum Gasteiger partial charge on any atom is 0.507 e. The maximum absolute atomic E-state index is 13.1. The fourth-order valence-electron chi connectivity index (χ4n) is 2.27. The van der Waals surface area contributed by atoms with E-state index in [9.17, 15) is 22.4 Å². The number of carboxylic acid groups (broad SMARTS) is 1. The zero-order valence-electron chi connectivity index (χ0n) is 11.4. The molecule has 2 N–H and O–H groups in total. The zero-order chi connectivity index (χ0) is 16.8. The number of fused-ring (bicyclic) bond motifs is 1. The van der Waals surface area contributed by atoms with E-state index >= 15 is 0 Å². The Balaban J connectivity index is 1.65. The minimum atomic E-state index is -4.79. The van der Waals surface area contributed by atoms with Crippen LogP contribution in [0.1, 0.15) is 12.8 Å². The SMILES string of the molecule is O=C(O)N[C@H]1C[C@H](Oc2ccc3c(c2)OC(F)(F)C(F)(F)O3)C1. The first-order chi connectivity index (χ1) is 10.7. The van der Waals surface area contributed by atoms with Crippen LogP contribution < -0.4 is 19.5 Å². The third-order valence-corrected chi connectivity index (χ3v) is 3.46. The van der Waals surface area contributed by atoms with Crippen LogP contribution in [0.3, 0.4) is 0 Å². The first-order valence-electron chi connectivity index (χ1n) is 6.60. The summed E-state index contributed by atoms with van der Waals surface area (Å²) >= 11 is 0. The standard InChI is InChI=1S/C13H11F4NO5/c14-12(15)13(16,17)23-10-5-7(1-2-9(10)22-12)21-8-3-6(4-8)18-11(19)20/h1-2,5-6,8,18H,3-4H2,(H,19,20)/t6-,8-. The summed E-state index contributed by atoms with van der Waals surface area (Å²) in [5.41, 5.74) is 0. The maximum atomic E-state index is 13.1. The largest absolute Gasteiger partial charge is 0.507 e. The molecular weight excluding hydrogens is 326 g/mol. The minimum absolute atomic E-state index is 0.132. The Morgan fingerprint density at radius 3 is 2.39 bits per heavy atom. The lowest BCUT2D eigenvalue weighted by Crippen LogP contribution is -2.52. The fourth-order valence-corrected chi connectivity index (χ4v) is 2.27. The van der Waals surface area contributed by atoms with Gasteiger partial charge in [0.25, 0.3) is 0 Å². The predicted molar refractivity (Wildman–Crippen MR) is 66.2 cm³/mol. The second kappa shape index (κ2) is 5.07. The molecule has 0 aromatic heterocycles. The van der Waals surface area contributed by atoms with Gasteiger partial charge in [0.05, 0.1) is 0 Å². The van der Waals surface area contributed by atoms with Crippen molar-refractivity contribution < 1.29 is 41.7 Å². The molecule has 1 aromatic carbocycles. The summed E-state index contributed by atoms with van der Waals surface area (Å²) in [6.45, 7) is 0. The molecule has 2 aliphatic rings. The van der Waals surface area contributed by atoms with Crippen LogP contribution in [0.25, 0.3) is 0 Å².